The van der Waals surface area contributed by atoms with E-state index in [4.69, 9.17) is 0 Å². The third-order valence-electron chi connectivity index (χ3n) is 2.97. The minimum Gasteiger partial charge on any atom is -0.291 e. The van der Waals surface area contributed by atoms with E-state index in [1.165, 1.54) is 22.8 Å². The number of nitrogens with zero attached hydrogens (tertiary/aromatic N) is 2. The SMILES string of the molecule is Cc1cc(C)c(/C=N\Nc2nc(C)cc(=O)[nH]2)c(C)c1. The molecule has 0 saturated heterocycles. The van der Waals surface area contributed by atoms with Crippen molar-refractivity contribution < 1.29 is 0 Å². The molecular formula is C15H18N4O. The van der Waals surface area contributed by atoms with Crippen molar-refractivity contribution in [1.82, 2.24) is 9.97 Å². The van der Waals surface area contributed by atoms with Crippen LogP contribution in [0, 0.1) is 27.7 Å². The summed E-state index contributed by atoms with van der Waals surface area (Å²) in [5, 5.41) is 4.14. The predicted octanol–water partition coefficient (Wildman–Crippen LogP) is 2.45. The molecule has 1 aromatic carbocycles. The number of anilines is 1. The first kappa shape index (κ1) is 14.0. The number of aromatic amines is 1. The summed E-state index contributed by atoms with van der Waals surface area (Å²) in [5.74, 6) is 0.341. The van der Waals surface area contributed by atoms with Crippen molar-refractivity contribution in [3.05, 3.63) is 56.5 Å². The Balaban J connectivity index is 2.20. The lowest BCUT2D eigenvalue weighted by molar-refractivity contribution is 1.04. The van der Waals surface area contributed by atoms with Crippen LogP contribution in [0.3, 0.4) is 0 Å². The average Bonchev–Trinajstić information content (AvgIpc) is 2.31. The fourth-order valence-electron chi connectivity index (χ4n) is 2.18. The lowest BCUT2D eigenvalue weighted by atomic mass is 10.0. The quantitative estimate of drug-likeness (QED) is 0.665. The highest BCUT2D eigenvalue weighted by Crippen LogP contribution is 2.14. The molecule has 2 aromatic rings. The number of hydrogen-bond acceptors (Lipinski definition) is 4. The van der Waals surface area contributed by atoms with Crippen molar-refractivity contribution in [2.75, 3.05) is 5.43 Å². The van der Waals surface area contributed by atoms with E-state index in [0.29, 0.717) is 11.6 Å². The van der Waals surface area contributed by atoms with Gasteiger partial charge in [0.2, 0.25) is 5.95 Å². The van der Waals surface area contributed by atoms with Crippen molar-refractivity contribution in [2.24, 2.45) is 5.10 Å². The van der Waals surface area contributed by atoms with Gasteiger partial charge in [0.1, 0.15) is 0 Å². The maximum atomic E-state index is 11.3. The number of hydrogen-bond donors (Lipinski definition) is 2. The van der Waals surface area contributed by atoms with Crippen LogP contribution < -0.4 is 11.0 Å². The molecular weight excluding hydrogens is 252 g/mol. The third-order valence-corrected chi connectivity index (χ3v) is 2.97. The van der Waals surface area contributed by atoms with E-state index in [-0.39, 0.29) is 5.56 Å². The molecule has 0 fully saturated rings. The van der Waals surface area contributed by atoms with Crippen molar-refractivity contribution in [2.45, 2.75) is 27.7 Å². The smallest absolute Gasteiger partial charge is 0.252 e. The van der Waals surface area contributed by atoms with E-state index < -0.39 is 0 Å². The van der Waals surface area contributed by atoms with Crippen molar-refractivity contribution in [3.63, 3.8) is 0 Å². The van der Waals surface area contributed by atoms with Crippen molar-refractivity contribution >= 4 is 12.2 Å². The van der Waals surface area contributed by atoms with Gasteiger partial charge in [-0.2, -0.15) is 5.10 Å². The summed E-state index contributed by atoms with van der Waals surface area (Å²) in [7, 11) is 0. The molecule has 0 spiro atoms. The average molecular weight is 270 g/mol. The number of nitrogens with one attached hydrogen (secondary N) is 2. The zero-order valence-electron chi connectivity index (χ0n) is 12.1. The van der Waals surface area contributed by atoms with Crippen molar-refractivity contribution in [3.8, 4) is 0 Å². The zero-order valence-corrected chi connectivity index (χ0v) is 12.1. The van der Waals surface area contributed by atoms with Crippen LogP contribution in [0.2, 0.25) is 0 Å². The second kappa shape index (κ2) is 5.69. The highest BCUT2D eigenvalue weighted by atomic mass is 16.1. The number of rotatable bonds is 3. The van der Waals surface area contributed by atoms with Gasteiger partial charge >= 0.3 is 0 Å². The number of aryl methyl sites for hydroxylation is 4. The van der Waals surface area contributed by atoms with Crippen LogP contribution >= 0.6 is 0 Å². The topological polar surface area (TPSA) is 70.1 Å². The van der Waals surface area contributed by atoms with Crippen LogP contribution in [0.5, 0.6) is 0 Å². The minimum atomic E-state index is -0.196. The van der Waals surface area contributed by atoms with E-state index in [1.807, 2.05) is 13.8 Å². The van der Waals surface area contributed by atoms with Gasteiger partial charge in [-0.3, -0.25) is 9.78 Å². The molecule has 2 N–H and O–H groups in total. The molecule has 1 heterocycles. The normalized spacial score (nSPS) is 11.0. The lowest BCUT2D eigenvalue weighted by Crippen LogP contribution is -2.10. The Morgan fingerprint density at radius 3 is 2.40 bits per heavy atom. The minimum absolute atomic E-state index is 0.196. The monoisotopic (exact) mass is 270 g/mol. The molecule has 5 heteroatoms. The van der Waals surface area contributed by atoms with Gasteiger partial charge in [0, 0.05) is 17.3 Å². The molecule has 0 aliphatic heterocycles. The van der Waals surface area contributed by atoms with E-state index in [1.54, 1.807) is 13.1 Å². The van der Waals surface area contributed by atoms with Crippen LogP contribution in [0.15, 0.2) is 28.1 Å². The standard InChI is InChI=1S/C15H18N4O/c1-9-5-10(2)13(11(3)6-9)8-16-19-15-17-12(4)7-14(20)18-15/h5-8H,1-4H3,(H2,17,18,19,20)/b16-8-. The summed E-state index contributed by atoms with van der Waals surface area (Å²) in [6.07, 6.45) is 1.74. The van der Waals surface area contributed by atoms with E-state index in [0.717, 1.165) is 5.56 Å². The van der Waals surface area contributed by atoms with Gasteiger partial charge in [-0.05, 0) is 38.8 Å². The molecule has 0 aliphatic carbocycles. The van der Waals surface area contributed by atoms with Gasteiger partial charge in [-0.25, -0.2) is 10.4 Å². The molecule has 104 valence electrons. The lowest BCUT2D eigenvalue weighted by Gasteiger charge is -2.06. The van der Waals surface area contributed by atoms with E-state index >= 15 is 0 Å². The number of H-pyrrole nitrogens is 1. The number of benzene rings is 1. The summed E-state index contributed by atoms with van der Waals surface area (Å²) in [6, 6.07) is 5.66. The summed E-state index contributed by atoms with van der Waals surface area (Å²) < 4.78 is 0. The second-order valence-electron chi connectivity index (χ2n) is 4.92. The molecule has 0 radical (unpaired) electrons. The van der Waals surface area contributed by atoms with Gasteiger partial charge in [-0.1, -0.05) is 17.7 Å². The van der Waals surface area contributed by atoms with Crippen LogP contribution in [0.25, 0.3) is 0 Å². The summed E-state index contributed by atoms with van der Waals surface area (Å²) in [6.45, 7) is 7.93. The molecule has 0 saturated carbocycles. The maximum Gasteiger partial charge on any atom is 0.252 e. The van der Waals surface area contributed by atoms with Gasteiger partial charge in [0.05, 0.1) is 6.21 Å². The second-order valence-corrected chi connectivity index (χ2v) is 4.92. The third kappa shape index (κ3) is 3.32. The Bertz CT molecular complexity index is 693. The molecule has 5 nitrogen and oxygen atoms in total. The Hall–Kier alpha value is -2.43. The first-order valence-electron chi connectivity index (χ1n) is 6.40. The molecule has 20 heavy (non-hydrogen) atoms. The van der Waals surface area contributed by atoms with Crippen LogP contribution in [-0.4, -0.2) is 16.2 Å². The van der Waals surface area contributed by atoms with Crippen LogP contribution in [-0.2, 0) is 0 Å². The molecule has 0 amide bonds. The first-order valence-corrected chi connectivity index (χ1v) is 6.40. The van der Waals surface area contributed by atoms with E-state index in [9.17, 15) is 4.79 Å². The zero-order chi connectivity index (χ0) is 14.7. The summed E-state index contributed by atoms with van der Waals surface area (Å²) in [5.41, 5.74) is 7.83. The molecule has 0 aliphatic rings. The largest absolute Gasteiger partial charge is 0.291 e. The van der Waals surface area contributed by atoms with Crippen LogP contribution in [0.4, 0.5) is 5.95 Å². The maximum absolute atomic E-state index is 11.3. The highest BCUT2D eigenvalue weighted by Gasteiger charge is 2.01. The van der Waals surface area contributed by atoms with Gasteiger partial charge < -0.3 is 0 Å². The molecule has 0 unspecified atom stereocenters. The fourth-order valence-corrected chi connectivity index (χ4v) is 2.18. The Labute approximate surface area is 117 Å². The molecule has 0 bridgehead atoms. The fraction of sp³-hybridized carbons (Fsp3) is 0.267. The number of aromatic nitrogens is 2. The predicted molar refractivity (Wildman–Crippen MR) is 81.5 cm³/mol. The summed E-state index contributed by atoms with van der Waals surface area (Å²) in [4.78, 5) is 18.0. The van der Waals surface area contributed by atoms with Gasteiger partial charge in [-0.15, -0.1) is 0 Å². The molecule has 0 atom stereocenters. The van der Waals surface area contributed by atoms with Gasteiger partial charge in [0.15, 0.2) is 0 Å². The molecule has 2 rings (SSSR count). The first-order chi connectivity index (χ1) is 9.45. The Kier molecular flexibility index (Phi) is 3.98. The number of hydrazone groups is 1. The van der Waals surface area contributed by atoms with Gasteiger partial charge in [0.25, 0.3) is 5.56 Å². The Morgan fingerprint density at radius 1 is 1.15 bits per heavy atom. The van der Waals surface area contributed by atoms with Crippen LogP contribution in [0.1, 0.15) is 27.9 Å². The summed E-state index contributed by atoms with van der Waals surface area (Å²) >= 11 is 0. The molecule has 1 aromatic heterocycles. The Morgan fingerprint density at radius 2 is 1.80 bits per heavy atom. The van der Waals surface area contributed by atoms with Crippen molar-refractivity contribution in [1.29, 1.82) is 0 Å². The highest BCUT2D eigenvalue weighted by molar-refractivity contribution is 5.84. The van der Waals surface area contributed by atoms with E-state index in [2.05, 4.69) is 39.6 Å².